The van der Waals surface area contributed by atoms with Gasteiger partial charge in [-0.25, -0.2) is 4.79 Å². The summed E-state index contributed by atoms with van der Waals surface area (Å²) in [7, 11) is 0. The minimum absolute atomic E-state index is 0.0658. The molecule has 4 nitrogen and oxygen atoms in total. The van der Waals surface area contributed by atoms with Crippen LogP contribution in [0, 0.1) is 0 Å². The third-order valence-corrected chi connectivity index (χ3v) is 1.82. The van der Waals surface area contributed by atoms with E-state index >= 15 is 0 Å². The lowest BCUT2D eigenvalue weighted by molar-refractivity contribution is -0.118. The smallest absolute Gasteiger partial charge is 0.240 e. The van der Waals surface area contributed by atoms with Crippen LogP contribution in [0.2, 0.25) is 0 Å². The summed E-state index contributed by atoms with van der Waals surface area (Å²) in [5.74, 6) is -0.0658. The van der Waals surface area contributed by atoms with E-state index in [-0.39, 0.29) is 5.91 Å². The summed E-state index contributed by atoms with van der Waals surface area (Å²) in [6.07, 6.45) is 5.16. The summed E-state index contributed by atoms with van der Waals surface area (Å²) in [6, 6.07) is 7.16. The summed E-state index contributed by atoms with van der Waals surface area (Å²) < 4.78 is 0. The standard InChI is InChI=1S/C12H12N2O2/c1-10(16)13-7-3-5-11-4-2-6-12(8-11)14-9-15/h2-6,8H,7H2,1H3,(H,13,16). The first-order valence-corrected chi connectivity index (χ1v) is 4.81. The Morgan fingerprint density at radius 3 is 3.06 bits per heavy atom. The molecule has 0 saturated heterocycles. The minimum atomic E-state index is -0.0658. The van der Waals surface area contributed by atoms with Crippen LogP contribution in [0.15, 0.2) is 35.3 Å². The predicted octanol–water partition coefficient (Wildman–Crippen LogP) is 1.80. The maximum absolute atomic E-state index is 10.6. The zero-order chi connectivity index (χ0) is 11.8. The number of benzene rings is 1. The predicted molar refractivity (Wildman–Crippen MR) is 61.9 cm³/mol. The quantitative estimate of drug-likeness (QED) is 0.616. The zero-order valence-corrected chi connectivity index (χ0v) is 8.93. The maximum Gasteiger partial charge on any atom is 0.240 e. The van der Waals surface area contributed by atoms with Crippen molar-refractivity contribution in [2.75, 3.05) is 6.54 Å². The second kappa shape index (κ2) is 6.32. The molecule has 1 aromatic carbocycles. The van der Waals surface area contributed by atoms with Crippen molar-refractivity contribution < 1.29 is 9.59 Å². The molecule has 4 heteroatoms. The van der Waals surface area contributed by atoms with Gasteiger partial charge in [0.2, 0.25) is 12.0 Å². The van der Waals surface area contributed by atoms with E-state index in [1.54, 1.807) is 18.2 Å². The van der Waals surface area contributed by atoms with Crippen LogP contribution in [0.3, 0.4) is 0 Å². The third-order valence-electron chi connectivity index (χ3n) is 1.82. The fraction of sp³-hybridized carbons (Fsp3) is 0.167. The number of carbonyl (C=O) groups excluding carboxylic acids is 2. The largest absolute Gasteiger partial charge is 0.353 e. The van der Waals surface area contributed by atoms with Crippen LogP contribution in [0.4, 0.5) is 5.69 Å². The third kappa shape index (κ3) is 4.35. The van der Waals surface area contributed by atoms with Gasteiger partial charge in [0.05, 0.1) is 5.69 Å². The van der Waals surface area contributed by atoms with E-state index in [0.717, 1.165) is 5.56 Å². The molecule has 1 aromatic rings. The van der Waals surface area contributed by atoms with Gasteiger partial charge in [-0.2, -0.15) is 4.99 Å². The van der Waals surface area contributed by atoms with Crippen molar-refractivity contribution in [3.8, 4) is 0 Å². The molecule has 0 aliphatic rings. The van der Waals surface area contributed by atoms with E-state index < -0.39 is 0 Å². The first kappa shape index (κ1) is 11.9. The first-order valence-electron chi connectivity index (χ1n) is 4.81. The van der Waals surface area contributed by atoms with Crippen LogP contribution in [-0.2, 0) is 9.59 Å². The molecule has 16 heavy (non-hydrogen) atoms. The number of hydrogen-bond donors (Lipinski definition) is 1. The van der Waals surface area contributed by atoms with Crippen molar-refractivity contribution in [1.29, 1.82) is 0 Å². The van der Waals surface area contributed by atoms with E-state index in [2.05, 4.69) is 10.3 Å². The van der Waals surface area contributed by atoms with Gasteiger partial charge in [0, 0.05) is 13.5 Å². The zero-order valence-electron chi connectivity index (χ0n) is 8.93. The lowest BCUT2D eigenvalue weighted by Crippen LogP contribution is -2.19. The van der Waals surface area contributed by atoms with Crippen molar-refractivity contribution >= 4 is 23.8 Å². The molecule has 0 heterocycles. The van der Waals surface area contributed by atoms with E-state index in [0.29, 0.717) is 12.2 Å². The highest BCUT2D eigenvalue weighted by Crippen LogP contribution is 2.14. The van der Waals surface area contributed by atoms with Gasteiger partial charge in [0.15, 0.2) is 0 Å². The number of hydrogen-bond acceptors (Lipinski definition) is 3. The summed E-state index contributed by atoms with van der Waals surface area (Å²) in [4.78, 5) is 24.2. The Kier molecular flexibility index (Phi) is 4.70. The van der Waals surface area contributed by atoms with Crippen molar-refractivity contribution in [3.05, 3.63) is 35.9 Å². The van der Waals surface area contributed by atoms with Gasteiger partial charge in [-0.05, 0) is 17.7 Å². The molecule has 0 aliphatic heterocycles. The normalized spacial score (nSPS) is 9.81. The molecule has 0 spiro atoms. The SMILES string of the molecule is CC(=O)NCC=Cc1cccc(N=C=O)c1. The molecule has 1 N–H and O–H groups in total. The Labute approximate surface area is 93.7 Å². The van der Waals surface area contributed by atoms with Crippen LogP contribution in [0.25, 0.3) is 6.08 Å². The molecule has 0 radical (unpaired) electrons. The molecular weight excluding hydrogens is 204 g/mol. The second-order valence-corrected chi connectivity index (χ2v) is 3.14. The lowest BCUT2D eigenvalue weighted by Gasteiger charge is -1.96. The highest BCUT2D eigenvalue weighted by atomic mass is 16.1. The summed E-state index contributed by atoms with van der Waals surface area (Å²) in [5.41, 5.74) is 1.48. The average Bonchev–Trinajstić information content (AvgIpc) is 2.25. The maximum atomic E-state index is 10.6. The van der Waals surface area contributed by atoms with Crippen molar-refractivity contribution in [1.82, 2.24) is 5.32 Å². The highest BCUT2D eigenvalue weighted by Gasteiger charge is 1.90. The van der Waals surface area contributed by atoms with Gasteiger partial charge in [-0.3, -0.25) is 4.79 Å². The van der Waals surface area contributed by atoms with E-state index in [4.69, 9.17) is 0 Å². The number of nitrogens with zero attached hydrogens (tertiary/aromatic N) is 1. The van der Waals surface area contributed by atoms with E-state index in [1.807, 2.05) is 18.2 Å². The molecule has 0 atom stereocenters. The molecular formula is C12H12N2O2. The molecule has 0 aromatic heterocycles. The number of nitrogens with one attached hydrogen (secondary N) is 1. The topological polar surface area (TPSA) is 58.5 Å². The van der Waals surface area contributed by atoms with Crippen molar-refractivity contribution in [2.24, 2.45) is 4.99 Å². The lowest BCUT2D eigenvalue weighted by atomic mass is 10.2. The molecule has 0 fully saturated rings. The highest BCUT2D eigenvalue weighted by molar-refractivity contribution is 5.73. The fourth-order valence-corrected chi connectivity index (χ4v) is 1.15. The van der Waals surface area contributed by atoms with Crippen LogP contribution < -0.4 is 5.32 Å². The Morgan fingerprint density at radius 1 is 1.56 bits per heavy atom. The van der Waals surface area contributed by atoms with Crippen molar-refractivity contribution in [2.45, 2.75) is 6.92 Å². The Bertz CT molecular complexity index is 446. The van der Waals surface area contributed by atoms with Gasteiger partial charge in [-0.1, -0.05) is 24.3 Å². The molecule has 1 rings (SSSR count). The van der Waals surface area contributed by atoms with E-state index in [1.165, 1.54) is 13.0 Å². The number of isocyanates is 1. The summed E-state index contributed by atoms with van der Waals surface area (Å²) in [5, 5.41) is 2.64. The van der Waals surface area contributed by atoms with Gasteiger partial charge in [0.25, 0.3) is 0 Å². The number of aliphatic imine (C=N–C) groups is 1. The molecule has 1 amide bonds. The number of amides is 1. The summed E-state index contributed by atoms with van der Waals surface area (Å²) in [6.45, 7) is 1.95. The van der Waals surface area contributed by atoms with E-state index in [9.17, 15) is 9.59 Å². The van der Waals surface area contributed by atoms with Gasteiger partial charge >= 0.3 is 0 Å². The molecule has 0 unspecified atom stereocenters. The first-order chi connectivity index (χ1) is 7.72. The van der Waals surface area contributed by atoms with Crippen LogP contribution in [0.5, 0.6) is 0 Å². The minimum Gasteiger partial charge on any atom is -0.353 e. The number of rotatable bonds is 4. The molecule has 0 aliphatic carbocycles. The summed E-state index contributed by atoms with van der Waals surface area (Å²) >= 11 is 0. The van der Waals surface area contributed by atoms with Crippen LogP contribution in [-0.4, -0.2) is 18.5 Å². The van der Waals surface area contributed by atoms with Crippen molar-refractivity contribution in [3.63, 3.8) is 0 Å². The number of carbonyl (C=O) groups is 1. The van der Waals surface area contributed by atoms with Crippen LogP contribution in [0.1, 0.15) is 12.5 Å². The fourth-order valence-electron chi connectivity index (χ4n) is 1.15. The Morgan fingerprint density at radius 2 is 2.38 bits per heavy atom. The molecule has 0 saturated carbocycles. The van der Waals surface area contributed by atoms with Gasteiger partial charge in [0.1, 0.15) is 0 Å². The van der Waals surface area contributed by atoms with Crippen LogP contribution >= 0.6 is 0 Å². The molecule has 0 bridgehead atoms. The average molecular weight is 216 g/mol. The second-order valence-electron chi connectivity index (χ2n) is 3.14. The van der Waals surface area contributed by atoms with Gasteiger partial charge in [-0.15, -0.1) is 0 Å². The molecule has 82 valence electrons. The Balaban J connectivity index is 2.62. The Hall–Kier alpha value is -2.19. The van der Waals surface area contributed by atoms with Gasteiger partial charge < -0.3 is 5.32 Å². The monoisotopic (exact) mass is 216 g/mol.